The number of rotatable bonds is 2. The molecule has 2 fully saturated rings. The molecule has 1 N–H and O–H groups in total. The molecular weight excluding hydrogens is 373 g/mol. The summed E-state index contributed by atoms with van der Waals surface area (Å²) in [7, 11) is 0. The molecule has 1 aromatic carbocycles. The maximum atomic E-state index is 12.7. The summed E-state index contributed by atoms with van der Waals surface area (Å²) in [6, 6.07) is 8.59. The molecule has 2 aliphatic rings. The minimum Gasteiger partial charge on any atom is -0.475 e. The van der Waals surface area contributed by atoms with E-state index in [2.05, 4.69) is 23.6 Å². The molecule has 2 aliphatic heterocycles. The molecule has 0 aliphatic carbocycles. The Hall–Kier alpha value is -2.09. The molecule has 2 heterocycles. The predicted octanol–water partition coefficient (Wildman–Crippen LogP) is 3.43. The lowest BCUT2D eigenvalue weighted by Crippen LogP contribution is -2.43. The van der Waals surface area contributed by atoms with E-state index in [4.69, 9.17) is 9.90 Å². The molecule has 8 heteroatoms. The number of amides is 1. The number of hydrogen-bond acceptors (Lipinski definition) is 3. The van der Waals surface area contributed by atoms with E-state index in [1.54, 1.807) is 0 Å². The lowest BCUT2D eigenvalue weighted by Gasteiger charge is -2.36. The zero-order valence-corrected chi connectivity index (χ0v) is 16.4. The molecule has 1 amide bonds. The SMILES string of the molecule is Cc1cccc(C(=O)N2C[C@@H]3CCN(C(C)C)C[C@@H]3C2)c1.O=C(O)C(F)(F)F. The Balaban J connectivity index is 0.000000345. The van der Waals surface area contributed by atoms with Gasteiger partial charge in [-0.15, -0.1) is 0 Å². The lowest BCUT2D eigenvalue weighted by atomic mass is 9.88. The van der Waals surface area contributed by atoms with E-state index in [0.717, 1.165) is 30.8 Å². The highest BCUT2D eigenvalue weighted by Gasteiger charge is 2.39. The summed E-state index contributed by atoms with van der Waals surface area (Å²) in [6.07, 6.45) is -3.85. The number of aryl methyl sites for hydroxylation is 1. The van der Waals surface area contributed by atoms with Crippen molar-refractivity contribution in [3.05, 3.63) is 35.4 Å². The van der Waals surface area contributed by atoms with Crippen LogP contribution in [0.1, 0.15) is 36.2 Å². The van der Waals surface area contributed by atoms with Crippen LogP contribution in [0.15, 0.2) is 24.3 Å². The van der Waals surface area contributed by atoms with Crippen LogP contribution in [-0.2, 0) is 4.79 Å². The molecular formula is C20H27F3N2O3. The number of aliphatic carboxylic acids is 1. The number of carbonyl (C=O) groups excluding carboxylic acids is 1. The largest absolute Gasteiger partial charge is 0.490 e. The van der Waals surface area contributed by atoms with E-state index < -0.39 is 12.1 Å². The summed E-state index contributed by atoms with van der Waals surface area (Å²) in [5.41, 5.74) is 2.00. The molecule has 156 valence electrons. The monoisotopic (exact) mass is 400 g/mol. The van der Waals surface area contributed by atoms with Gasteiger partial charge in [0.15, 0.2) is 0 Å². The van der Waals surface area contributed by atoms with E-state index in [1.807, 2.05) is 31.2 Å². The van der Waals surface area contributed by atoms with Gasteiger partial charge in [0.25, 0.3) is 5.91 Å². The number of piperidine rings is 1. The molecule has 0 radical (unpaired) electrons. The van der Waals surface area contributed by atoms with E-state index >= 15 is 0 Å². The van der Waals surface area contributed by atoms with Crippen molar-refractivity contribution in [2.45, 2.75) is 39.4 Å². The number of carboxylic acid groups (broad SMARTS) is 1. The first kappa shape index (κ1) is 22.2. The average molecular weight is 400 g/mol. The third-order valence-electron chi connectivity index (χ3n) is 5.36. The molecule has 0 saturated carbocycles. The second kappa shape index (κ2) is 8.94. The molecule has 0 unspecified atom stereocenters. The van der Waals surface area contributed by atoms with Crippen molar-refractivity contribution < 1.29 is 27.9 Å². The van der Waals surface area contributed by atoms with Gasteiger partial charge >= 0.3 is 12.1 Å². The third kappa shape index (κ3) is 5.70. The summed E-state index contributed by atoms with van der Waals surface area (Å²) < 4.78 is 31.7. The third-order valence-corrected chi connectivity index (χ3v) is 5.36. The number of halogens is 3. The number of hydrogen-bond donors (Lipinski definition) is 1. The zero-order valence-electron chi connectivity index (χ0n) is 16.4. The first-order chi connectivity index (χ1) is 13.0. The normalized spacial score (nSPS) is 22.5. The molecule has 3 rings (SSSR count). The highest BCUT2D eigenvalue weighted by molar-refractivity contribution is 5.94. The van der Waals surface area contributed by atoms with Gasteiger partial charge < -0.3 is 14.9 Å². The van der Waals surface area contributed by atoms with E-state index in [9.17, 15) is 18.0 Å². The van der Waals surface area contributed by atoms with Gasteiger partial charge in [0.1, 0.15) is 0 Å². The van der Waals surface area contributed by atoms with Gasteiger partial charge in [-0.2, -0.15) is 13.2 Å². The molecule has 1 aromatic rings. The van der Waals surface area contributed by atoms with Gasteiger partial charge in [0.05, 0.1) is 0 Å². The summed E-state index contributed by atoms with van der Waals surface area (Å²) in [5, 5.41) is 7.12. The Morgan fingerprint density at radius 1 is 1.14 bits per heavy atom. The predicted molar refractivity (Wildman–Crippen MR) is 99.1 cm³/mol. The van der Waals surface area contributed by atoms with Gasteiger partial charge in [-0.1, -0.05) is 17.7 Å². The van der Waals surface area contributed by atoms with Crippen LogP contribution in [0, 0.1) is 18.8 Å². The molecule has 0 bridgehead atoms. The van der Waals surface area contributed by atoms with Gasteiger partial charge in [-0.05, 0) is 57.7 Å². The first-order valence-corrected chi connectivity index (χ1v) is 9.39. The van der Waals surface area contributed by atoms with E-state index in [1.165, 1.54) is 13.0 Å². The second-order valence-electron chi connectivity index (χ2n) is 7.78. The molecule has 5 nitrogen and oxygen atoms in total. The number of benzene rings is 1. The average Bonchev–Trinajstić information content (AvgIpc) is 3.03. The molecule has 0 spiro atoms. The summed E-state index contributed by atoms with van der Waals surface area (Å²) >= 11 is 0. The fraction of sp³-hybridized carbons (Fsp3) is 0.600. The number of nitrogens with zero attached hydrogens (tertiary/aromatic N) is 2. The highest BCUT2D eigenvalue weighted by Crippen LogP contribution is 2.32. The number of likely N-dealkylation sites (tertiary alicyclic amines) is 2. The minimum atomic E-state index is -5.08. The Kier molecular flexibility index (Phi) is 7.09. The lowest BCUT2D eigenvalue weighted by molar-refractivity contribution is -0.192. The fourth-order valence-electron chi connectivity index (χ4n) is 3.79. The maximum absolute atomic E-state index is 12.7. The van der Waals surface area contributed by atoms with Crippen molar-refractivity contribution in [3.8, 4) is 0 Å². The van der Waals surface area contributed by atoms with Crippen molar-refractivity contribution >= 4 is 11.9 Å². The van der Waals surface area contributed by atoms with Crippen LogP contribution in [0.4, 0.5) is 13.2 Å². The van der Waals surface area contributed by atoms with Crippen LogP contribution in [0.25, 0.3) is 0 Å². The van der Waals surface area contributed by atoms with Crippen LogP contribution in [0.5, 0.6) is 0 Å². The number of carboxylic acids is 1. The van der Waals surface area contributed by atoms with Crippen molar-refractivity contribution in [1.82, 2.24) is 9.80 Å². The summed E-state index contributed by atoms with van der Waals surface area (Å²) in [6.45, 7) is 10.8. The van der Waals surface area contributed by atoms with Crippen LogP contribution >= 0.6 is 0 Å². The summed E-state index contributed by atoms with van der Waals surface area (Å²) in [5.74, 6) is -1.18. The van der Waals surface area contributed by atoms with Crippen molar-refractivity contribution in [2.24, 2.45) is 11.8 Å². The Bertz CT molecular complexity index is 706. The Morgan fingerprint density at radius 2 is 1.75 bits per heavy atom. The van der Waals surface area contributed by atoms with Gasteiger partial charge in [0, 0.05) is 31.2 Å². The molecule has 2 atom stereocenters. The van der Waals surface area contributed by atoms with Crippen molar-refractivity contribution in [2.75, 3.05) is 26.2 Å². The minimum absolute atomic E-state index is 0.212. The van der Waals surface area contributed by atoms with Crippen LogP contribution in [0.2, 0.25) is 0 Å². The van der Waals surface area contributed by atoms with E-state index in [-0.39, 0.29) is 5.91 Å². The fourth-order valence-corrected chi connectivity index (χ4v) is 3.79. The number of fused-ring (bicyclic) bond motifs is 1. The molecule has 0 aromatic heterocycles. The Morgan fingerprint density at radius 3 is 2.29 bits per heavy atom. The highest BCUT2D eigenvalue weighted by atomic mass is 19.4. The Labute approximate surface area is 163 Å². The standard InChI is InChI=1S/C18H26N2O.C2HF3O2/c1-13(2)19-8-7-16-10-20(12-17(16)11-19)18(21)15-6-4-5-14(3)9-15;3-2(4,5)1(6)7/h4-6,9,13,16-17H,7-8,10-12H2,1-3H3;(H,6,7)/t16-,17+;/m0./s1. The van der Waals surface area contributed by atoms with E-state index in [0.29, 0.717) is 17.9 Å². The zero-order chi connectivity index (χ0) is 21.1. The number of carbonyl (C=O) groups is 2. The van der Waals surface area contributed by atoms with Crippen LogP contribution in [-0.4, -0.2) is 65.2 Å². The quantitative estimate of drug-likeness (QED) is 0.826. The van der Waals surface area contributed by atoms with Crippen LogP contribution in [0.3, 0.4) is 0 Å². The smallest absolute Gasteiger partial charge is 0.475 e. The topological polar surface area (TPSA) is 60.9 Å². The first-order valence-electron chi connectivity index (χ1n) is 9.39. The maximum Gasteiger partial charge on any atom is 0.490 e. The number of alkyl halides is 3. The van der Waals surface area contributed by atoms with Gasteiger partial charge in [-0.3, -0.25) is 4.79 Å². The van der Waals surface area contributed by atoms with Gasteiger partial charge in [-0.25, -0.2) is 4.79 Å². The van der Waals surface area contributed by atoms with Crippen LogP contribution < -0.4 is 0 Å². The van der Waals surface area contributed by atoms with Crippen molar-refractivity contribution in [3.63, 3.8) is 0 Å². The molecule has 2 saturated heterocycles. The molecule has 28 heavy (non-hydrogen) atoms. The van der Waals surface area contributed by atoms with Crippen molar-refractivity contribution in [1.29, 1.82) is 0 Å². The summed E-state index contributed by atoms with van der Waals surface area (Å²) in [4.78, 5) is 26.2. The van der Waals surface area contributed by atoms with Gasteiger partial charge in [0.2, 0.25) is 0 Å². The second-order valence-corrected chi connectivity index (χ2v) is 7.78.